The molecule has 3 N–H and O–H groups in total. The van der Waals surface area contributed by atoms with Gasteiger partial charge in [0.2, 0.25) is 10.0 Å². The van der Waals surface area contributed by atoms with E-state index in [1.807, 2.05) is 0 Å². The molecule has 0 spiro atoms. The first-order chi connectivity index (χ1) is 13.6. The third kappa shape index (κ3) is 9.53. The number of non-ortho nitro benzene ring substituents is 1. The number of sulfonamides is 1. The molecule has 0 amide bonds. The summed E-state index contributed by atoms with van der Waals surface area (Å²) in [5.74, 6) is 0.576. The van der Waals surface area contributed by atoms with Crippen LogP contribution in [0.2, 0.25) is 0 Å². The van der Waals surface area contributed by atoms with Gasteiger partial charge >= 0.3 is 0 Å². The highest BCUT2D eigenvalue weighted by Crippen LogP contribution is 2.16. The molecule has 0 aliphatic carbocycles. The quantitative estimate of drug-likeness (QED) is 0.0947. The van der Waals surface area contributed by atoms with Crippen molar-refractivity contribution in [1.82, 2.24) is 20.3 Å². The van der Waals surface area contributed by atoms with Gasteiger partial charge in [-0.25, -0.2) is 13.1 Å². The monoisotopic (exact) mass is 556 g/mol. The van der Waals surface area contributed by atoms with Crippen LogP contribution in [0.25, 0.3) is 0 Å². The number of benzene rings is 1. The van der Waals surface area contributed by atoms with Crippen LogP contribution >= 0.6 is 24.0 Å². The number of nitro groups is 1. The van der Waals surface area contributed by atoms with Crippen LogP contribution in [0.3, 0.4) is 0 Å². The Morgan fingerprint density at radius 3 is 2.27 bits per heavy atom. The van der Waals surface area contributed by atoms with Gasteiger partial charge in [0.25, 0.3) is 5.69 Å². The number of aliphatic imine (C=N–C) groups is 1. The second kappa shape index (κ2) is 13.7. The second-order valence-corrected chi connectivity index (χ2v) is 8.77. The van der Waals surface area contributed by atoms with Gasteiger partial charge in [-0.15, -0.1) is 24.0 Å². The van der Waals surface area contributed by atoms with Crippen molar-refractivity contribution in [3.8, 4) is 0 Å². The lowest BCUT2D eigenvalue weighted by Gasteiger charge is -2.30. The molecule has 1 aromatic rings. The van der Waals surface area contributed by atoms with Gasteiger partial charge in [0, 0.05) is 57.4 Å². The van der Waals surface area contributed by atoms with Gasteiger partial charge in [-0.3, -0.25) is 20.0 Å². The lowest BCUT2D eigenvalue weighted by molar-refractivity contribution is -0.385. The number of guanidine groups is 1. The first-order valence-electron chi connectivity index (χ1n) is 9.53. The number of halogens is 1. The summed E-state index contributed by atoms with van der Waals surface area (Å²) in [6.45, 7) is 10.6. The maximum absolute atomic E-state index is 12.3. The molecule has 1 aromatic carbocycles. The highest BCUT2D eigenvalue weighted by atomic mass is 127. The number of rotatable bonds is 11. The Balaban J connectivity index is 0.00000841. The van der Waals surface area contributed by atoms with Crippen molar-refractivity contribution in [2.24, 2.45) is 4.99 Å². The van der Waals surface area contributed by atoms with E-state index < -0.39 is 14.9 Å². The molecule has 172 valence electrons. The van der Waals surface area contributed by atoms with Crippen molar-refractivity contribution in [3.05, 3.63) is 34.4 Å². The molecule has 0 aromatic heterocycles. The molecule has 0 atom stereocenters. The standard InChI is InChI=1S/C18H32N6O4S.HI/c1-14(2)23(15(3)4)12-11-21-18(19-5)20-9-10-22-29(27,28)17-8-6-7-16(13-17)24(25)26;/h6-8,13-15,22H,9-12H2,1-5H3,(H2,19,20,21);1H. The molecule has 1 rings (SSSR count). The molecular weight excluding hydrogens is 523 g/mol. The molecule has 0 radical (unpaired) electrons. The van der Waals surface area contributed by atoms with Crippen LogP contribution in [0, 0.1) is 10.1 Å². The Labute approximate surface area is 196 Å². The number of nitro benzene ring substituents is 1. The Kier molecular flexibility index (Phi) is 13.0. The summed E-state index contributed by atoms with van der Waals surface area (Å²) in [6, 6.07) is 5.82. The zero-order chi connectivity index (χ0) is 22.0. The molecule has 0 fully saturated rings. The van der Waals surface area contributed by atoms with Crippen molar-refractivity contribution in [1.29, 1.82) is 0 Å². The summed E-state index contributed by atoms with van der Waals surface area (Å²) < 4.78 is 27.0. The van der Waals surface area contributed by atoms with Gasteiger partial charge in [-0.2, -0.15) is 0 Å². The van der Waals surface area contributed by atoms with E-state index in [4.69, 9.17) is 0 Å². The molecule has 0 aliphatic rings. The van der Waals surface area contributed by atoms with Crippen LogP contribution in [-0.2, 0) is 10.0 Å². The smallest absolute Gasteiger partial charge is 0.270 e. The largest absolute Gasteiger partial charge is 0.355 e. The molecule has 0 aliphatic heterocycles. The summed E-state index contributed by atoms with van der Waals surface area (Å²) >= 11 is 0. The molecule has 30 heavy (non-hydrogen) atoms. The van der Waals surface area contributed by atoms with Gasteiger partial charge in [0.1, 0.15) is 0 Å². The number of nitrogens with one attached hydrogen (secondary N) is 3. The van der Waals surface area contributed by atoms with Crippen LogP contribution in [0.1, 0.15) is 27.7 Å². The maximum Gasteiger partial charge on any atom is 0.270 e. The van der Waals surface area contributed by atoms with E-state index >= 15 is 0 Å². The fourth-order valence-electron chi connectivity index (χ4n) is 2.85. The SMILES string of the molecule is CN=C(NCCNS(=O)(=O)c1cccc([N+](=O)[O-])c1)NCCN(C(C)C)C(C)C.I. The lowest BCUT2D eigenvalue weighted by Crippen LogP contribution is -2.46. The average Bonchev–Trinajstić information content (AvgIpc) is 2.66. The molecular formula is C18H33IN6O4S. The minimum atomic E-state index is -3.83. The van der Waals surface area contributed by atoms with E-state index in [0.717, 1.165) is 12.6 Å². The van der Waals surface area contributed by atoms with Crippen LogP contribution < -0.4 is 15.4 Å². The minimum absolute atomic E-state index is 0. The van der Waals surface area contributed by atoms with Gasteiger partial charge < -0.3 is 10.6 Å². The molecule has 10 nitrogen and oxygen atoms in total. The fraction of sp³-hybridized carbons (Fsp3) is 0.611. The van der Waals surface area contributed by atoms with Gasteiger partial charge in [-0.1, -0.05) is 6.07 Å². The number of hydrogen-bond acceptors (Lipinski definition) is 6. The van der Waals surface area contributed by atoms with E-state index in [-0.39, 0.29) is 41.1 Å². The average molecular weight is 556 g/mol. The van der Waals surface area contributed by atoms with Crippen LogP contribution in [0.4, 0.5) is 5.69 Å². The maximum atomic E-state index is 12.3. The predicted octanol–water partition coefficient (Wildman–Crippen LogP) is 1.77. The van der Waals surface area contributed by atoms with E-state index in [0.29, 0.717) is 31.1 Å². The minimum Gasteiger partial charge on any atom is -0.355 e. The van der Waals surface area contributed by atoms with E-state index in [1.165, 1.54) is 18.2 Å². The third-order valence-corrected chi connectivity index (χ3v) is 5.72. The summed E-state index contributed by atoms with van der Waals surface area (Å²) in [6.07, 6.45) is 0. The van der Waals surface area contributed by atoms with E-state index in [1.54, 1.807) is 7.05 Å². The summed E-state index contributed by atoms with van der Waals surface area (Å²) in [5, 5.41) is 17.1. The molecule has 0 saturated carbocycles. The summed E-state index contributed by atoms with van der Waals surface area (Å²) in [7, 11) is -2.19. The second-order valence-electron chi connectivity index (χ2n) is 7.00. The normalized spacial score (nSPS) is 12.2. The first kappa shape index (κ1) is 28.5. The van der Waals surface area contributed by atoms with Crippen molar-refractivity contribution in [2.75, 3.05) is 33.2 Å². The zero-order valence-electron chi connectivity index (χ0n) is 18.1. The van der Waals surface area contributed by atoms with Crippen LogP contribution in [0.5, 0.6) is 0 Å². The molecule has 0 saturated heterocycles. The summed E-state index contributed by atoms with van der Waals surface area (Å²) in [4.78, 5) is 16.5. The Morgan fingerprint density at radius 2 is 1.73 bits per heavy atom. The van der Waals surface area contributed by atoms with Crippen LogP contribution in [0.15, 0.2) is 34.2 Å². The number of nitrogens with zero attached hydrogens (tertiary/aromatic N) is 3. The van der Waals surface area contributed by atoms with E-state index in [2.05, 4.69) is 52.9 Å². The fourth-order valence-corrected chi connectivity index (χ4v) is 3.92. The molecule has 0 heterocycles. The van der Waals surface area contributed by atoms with E-state index in [9.17, 15) is 18.5 Å². The van der Waals surface area contributed by atoms with Crippen molar-refractivity contribution >= 4 is 45.6 Å². The van der Waals surface area contributed by atoms with Crippen LogP contribution in [-0.4, -0.2) is 69.5 Å². The van der Waals surface area contributed by atoms with Crippen molar-refractivity contribution in [3.63, 3.8) is 0 Å². The Morgan fingerprint density at radius 1 is 1.13 bits per heavy atom. The topological polar surface area (TPSA) is 129 Å². The summed E-state index contributed by atoms with van der Waals surface area (Å²) in [5.41, 5.74) is -0.271. The molecule has 0 bridgehead atoms. The highest BCUT2D eigenvalue weighted by Gasteiger charge is 2.17. The van der Waals surface area contributed by atoms with Gasteiger partial charge in [0.15, 0.2) is 5.96 Å². The first-order valence-corrected chi connectivity index (χ1v) is 11.0. The predicted molar refractivity (Wildman–Crippen MR) is 130 cm³/mol. The molecule has 12 heteroatoms. The van der Waals surface area contributed by atoms with Crippen molar-refractivity contribution < 1.29 is 13.3 Å². The number of hydrogen-bond donors (Lipinski definition) is 3. The third-order valence-electron chi connectivity index (χ3n) is 4.26. The lowest BCUT2D eigenvalue weighted by atomic mass is 10.2. The Hall–Kier alpha value is -1.51. The van der Waals surface area contributed by atoms with Gasteiger partial charge in [0.05, 0.1) is 9.82 Å². The Bertz CT molecular complexity index is 794. The van der Waals surface area contributed by atoms with Crippen molar-refractivity contribution in [2.45, 2.75) is 44.7 Å². The highest BCUT2D eigenvalue weighted by molar-refractivity contribution is 14.0. The zero-order valence-corrected chi connectivity index (χ0v) is 21.2. The van der Waals surface area contributed by atoms with Gasteiger partial charge in [-0.05, 0) is 33.8 Å². The molecule has 0 unspecified atom stereocenters.